The van der Waals surface area contributed by atoms with Gasteiger partial charge in [0.05, 0.1) is 12.1 Å². The van der Waals surface area contributed by atoms with Crippen molar-refractivity contribution < 1.29 is 9.59 Å². The topological polar surface area (TPSA) is 124 Å². The number of aromatic amines is 1. The number of amides is 3. The van der Waals surface area contributed by atoms with Gasteiger partial charge in [0.25, 0.3) is 0 Å². The molecule has 6 rings (SSSR count). The summed E-state index contributed by atoms with van der Waals surface area (Å²) in [6.45, 7) is 2.11. The molecule has 2 fully saturated rings. The number of para-hydroxylation sites is 1. The highest BCUT2D eigenvalue weighted by Crippen LogP contribution is 2.35. The Morgan fingerprint density at radius 2 is 1.61 bits per heavy atom. The molecule has 2 aliphatic rings. The number of nitrogens with one attached hydrogen (secondary N) is 1. The second-order valence-electron chi connectivity index (χ2n) is 11.8. The number of rotatable bonds is 11. The summed E-state index contributed by atoms with van der Waals surface area (Å²) in [7, 11) is 0. The summed E-state index contributed by atoms with van der Waals surface area (Å²) >= 11 is 0. The quantitative estimate of drug-likeness (QED) is 0.137. The molecule has 0 aliphatic carbocycles. The number of urea groups is 1. The minimum absolute atomic E-state index is 0.00501. The number of nitrogens with zero attached hydrogens (tertiary/aromatic N) is 4. The fourth-order valence-electron chi connectivity index (χ4n) is 6.89. The molecule has 2 saturated heterocycles. The third-order valence-electron chi connectivity index (χ3n) is 9.04. The Bertz CT molecular complexity index is 1600. The largest absolute Gasteiger partial charge is 0.370 e. The molecule has 0 bridgehead atoms. The van der Waals surface area contributed by atoms with Gasteiger partial charge in [-0.2, -0.15) is 0 Å². The van der Waals surface area contributed by atoms with Crippen LogP contribution in [-0.4, -0.2) is 75.3 Å². The third-order valence-corrected chi connectivity index (χ3v) is 9.04. The molecule has 1 aromatic heterocycles. The maximum Gasteiger partial charge on any atom is 0.321 e. The van der Waals surface area contributed by atoms with Gasteiger partial charge in [-0.1, -0.05) is 78.9 Å². The molecule has 0 saturated carbocycles. The zero-order chi connectivity index (χ0) is 30.5. The first kappa shape index (κ1) is 29.3. The van der Waals surface area contributed by atoms with Crippen LogP contribution in [0.25, 0.3) is 10.9 Å². The number of aliphatic imine (C=N–C) groups is 1. The molecule has 9 heteroatoms. The third kappa shape index (κ3) is 6.27. The van der Waals surface area contributed by atoms with E-state index in [1.807, 2.05) is 69.4 Å². The molecule has 3 heterocycles. The summed E-state index contributed by atoms with van der Waals surface area (Å²) in [5.74, 6) is 0.0371. The summed E-state index contributed by atoms with van der Waals surface area (Å²) in [6.07, 6.45) is 5.33. The number of aromatic nitrogens is 1. The van der Waals surface area contributed by atoms with E-state index in [4.69, 9.17) is 11.5 Å². The van der Waals surface area contributed by atoms with E-state index in [1.54, 1.807) is 0 Å². The van der Waals surface area contributed by atoms with Crippen molar-refractivity contribution in [2.24, 2.45) is 16.5 Å². The molecule has 9 nitrogen and oxygen atoms in total. The van der Waals surface area contributed by atoms with Crippen molar-refractivity contribution in [1.29, 1.82) is 0 Å². The average molecular weight is 592 g/mol. The molecule has 0 radical (unpaired) electrons. The lowest BCUT2D eigenvalue weighted by Crippen LogP contribution is -2.50. The number of hydrogen-bond donors (Lipinski definition) is 3. The maximum atomic E-state index is 14.4. The summed E-state index contributed by atoms with van der Waals surface area (Å²) in [5.41, 5.74) is 15.7. The number of guanidine groups is 1. The van der Waals surface area contributed by atoms with Crippen molar-refractivity contribution in [3.05, 3.63) is 108 Å². The monoisotopic (exact) mass is 591 g/mol. The molecule has 0 unspecified atom stereocenters. The first-order chi connectivity index (χ1) is 21.5. The Labute approximate surface area is 258 Å². The molecule has 3 amide bonds. The fourth-order valence-corrected chi connectivity index (χ4v) is 6.89. The second-order valence-corrected chi connectivity index (χ2v) is 11.8. The van der Waals surface area contributed by atoms with Gasteiger partial charge in [-0.15, -0.1) is 0 Å². The highest BCUT2D eigenvalue weighted by atomic mass is 16.2. The minimum Gasteiger partial charge on any atom is -0.370 e. The van der Waals surface area contributed by atoms with Crippen LogP contribution in [-0.2, 0) is 24.2 Å². The Hall–Kier alpha value is -4.79. The number of hydrogen-bond acceptors (Lipinski definition) is 3. The summed E-state index contributed by atoms with van der Waals surface area (Å²) < 4.78 is 0. The van der Waals surface area contributed by atoms with E-state index in [-0.39, 0.29) is 30.0 Å². The van der Waals surface area contributed by atoms with Crippen molar-refractivity contribution in [2.45, 2.75) is 56.8 Å². The summed E-state index contributed by atoms with van der Waals surface area (Å²) in [5, 5.41) is 1.18. The zero-order valence-electron chi connectivity index (χ0n) is 25.0. The molecule has 0 spiro atoms. The first-order valence-corrected chi connectivity index (χ1v) is 15.6. The number of nitrogens with two attached hydrogens (primary N) is 2. The lowest BCUT2D eigenvalue weighted by molar-refractivity contribution is -0.135. The van der Waals surface area contributed by atoms with Crippen LogP contribution in [0.2, 0.25) is 0 Å². The van der Waals surface area contributed by atoms with Crippen LogP contribution >= 0.6 is 0 Å². The Balaban J connectivity index is 1.29. The lowest BCUT2D eigenvalue weighted by Gasteiger charge is -2.31. The summed E-state index contributed by atoms with van der Waals surface area (Å²) in [4.78, 5) is 42.1. The van der Waals surface area contributed by atoms with Gasteiger partial charge in [0.15, 0.2) is 5.96 Å². The predicted octanol–water partition coefficient (Wildman–Crippen LogP) is 4.28. The van der Waals surface area contributed by atoms with Crippen LogP contribution in [0.15, 0.2) is 96.1 Å². The molecule has 2 aliphatic heterocycles. The van der Waals surface area contributed by atoms with Crippen LogP contribution in [0, 0.1) is 0 Å². The number of H-pyrrole nitrogens is 1. The first-order valence-electron chi connectivity index (χ1n) is 15.6. The van der Waals surface area contributed by atoms with Gasteiger partial charge in [-0.25, -0.2) is 4.79 Å². The van der Waals surface area contributed by atoms with Gasteiger partial charge < -0.3 is 31.2 Å². The average Bonchev–Trinajstić information content (AvgIpc) is 3.51. The molecular weight excluding hydrogens is 550 g/mol. The van der Waals surface area contributed by atoms with Crippen LogP contribution in [0.3, 0.4) is 0 Å². The van der Waals surface area contributed by atoms with Gasteiger partial charge in [0, 0.05) is 43.3 Å². The van der Waals surface area contributed by atoms with Gasteiger partial charge in [-0.3, -0.25) is 9.79 Å². The maximum absolute atomic E-state index is 14.4. The normalized spacial score (nSPS) is 20.2. The van der Waals surface area contributed by atoms with E-state index in [0.29, 0.717) is 39.0 Å². The van der Waals surface area contributed by atoms with E-state index in [1.165, 1.54) is 16.5 Å². The van der Waals surface area contributed by atoms with Gasteiger partial charge in [0.2, 0.25) is 5.91 Å². The van der Waals surface area contributed by atoms with E-state index < -0.39 is 6.04 Å². The number of carbonyl (C=O) groups excluding carboxylic acids is 2. The Morgan fingerprint density at radius 3 is 2.36 bits per heavy atom. The zero-order valence-corrected chi connectivity index (χ0v) is 25.0. The van der Waals surface area contributed by atoms with Gasteiger partial charge >= 0.3 is 6.03 Å². The Kier molecular flexibility index (Phi) is 8.81. The van der Waals surface area contributed by atoms with Crippen LogP contribution in [0.5, 0.6) is 0 Å². The second kappa shape index (κ2) is 13.2. The minimum atomic E-state index is -0.578. The molecule has 5 N–H and O–H groups in total. The lowest BCUT2D eigenvalue weighted by atomic mass is 9.95. The molecule has 4 aromatic rings. The van der Waals surface area contributed by atoms with Crippen LogP contribution < -0.4 is 11.5 Å². The van der Waals surface area contributed by atoms with E-state index in [2.05, 4.69) is 46.4 Å². The number of benzene rings is 3. The fraction of sp³-hybridized carbons (Fsp3) is 0.343. The number of carbonyl (C=O) groups is 2. The van der Waals surface area contributed by atoms with Gasteiger partial charge in [-0.05, 0) is 54.9 Å². The molecule has 3 atom stereocenters. The van der Waals surface area contributed by atoms with Crippen molar-refractivity contribution >= 4 is 28.8 Å². The summed E-state index contributed by atoms with van der Waals surface area (Å²) in [6, 6.07) is 27.9. The predicted molar refractivity (Wildman–Crippen MR) is 174 cm³/mol. The van der Waals surface area contributed by atoms with Crippen LogP contribution in [0.1, 0.15) is 36.0 Å². The van der Waals surface area contributed by atoms with E-state index in [0.717, 1.165) is 30.3 Å². The van der Waals surface area contributed by atoms with Gasteiger partial charge in [0.1, 0.15) is 6.04 Å². The van der Waals surface area contributed by atoms with Crippen LogP contribution in [0.4, 0.5) is 4.79 Å². The molecule has 44 heavy (non-hydrogen) atoms. The number of fused-ring (bicyclic) bond motifs is 2. The van der Waals surface area contributed by atoms with Crippen molar-refractivity contribution in [1.82, 2.24) is 19.7 Å². The van der Waals surface area contributed by atoms with Crippen molar-refractivity contribution in [3.8, 4) is 0 Å². The standard InChI is InChI=1S/C35H41N7O2/c36-34(37)38-19-9-16-31-33(43)40(20-17-27-23-39-29-15-8-7-14-28(27)29)21-18-30-32(22-25-10-3-1-4-11-25)41(35(44)42(30)31)24-26-12-5-2-6-13-26/h1-8,10-15,23,30-32,39H,9,16-22,24H2,(H4,36,37,38)/t30-,31-,32+/m0/s1. The Morgan fingerprint density at radius 1 is 0.909 bits per heavy atom. The van der Waals surface area contributed by atoms with Crippen molar-refractivity contribution in [3.63, 3.8) is 0 Å². The molecular formula is C35H41N7O2. The SMILES string of the molecule is NC(N)=NCCC[C@H]1C(=O)N(CCc2c[nH]c3ccccc23)CC[C@H]2[C@@H](Cc3ccccc3)N(Cc3ccccc3)C(=O)N12. The van der Waals surface area contributed by atoms with Crippen molar-refractivity contribution in [2.75, 3.05) is 19.6 Å². The highest BCUT2D eigenvalue weighted by Gasteiger charge is 2.51. The highest BCUT2D eigenvalue weighted by molar-refractivity contribution is 5.89. The van der Waals surface area contributed by atoms with E-state index in [9.17, 15) is 9.59 Å². The smallest absolute Gasteiger partial charge is 0.321 e. The van der Waals surface area contributed by atoms with E-state index >= 15 is 0 Å². The molecule has 3 aromatic carbocycles. The molecule has 228 valence electrons.